The Balaban J connectivity index is 3.43. The van der Waals surface area contributed by atoms with Crippen LogP contribution in [0.15, 0.2) is 24.3 Å². The molecule has 0 N–H and O–H groups in total. The van der Waals surface area contributed by atoms with Crippen LogP contribution in [0.25, 0.3) is 0 Å². The van der Waals surface area contributed by atoms with Gasteiger partial charge in [0.1, 0.15) is 16.7 Å². The Kier molecular flexibility index (Phi) is 8.90. The summed E-state index contributed by atoms with van der Waals surface area (Å²) in [6, 6.07) is 4.40. The molecule has 1 aromatic rings. The van der Waals surface area contributed by atoms with E-state index in [2.05, 4.69) is 25.4 Å². The number of carbonyl (C=O) groups is 4. The average molecular weight is 460 g/mol. The third kappa shape index (κ3) is 5.69. The van der Waals surface area contributed by atoms with Crippen molar-refractivity contribution < 1.29 is 38.1 Å². The number of carbonyl (C=O) groups excluding carboxylic acids is 4. The highest BCUT2D eigenvalue weighted by Crippen LogP contribution is 2.26. The molecule has 28 heavy (non-hydrogen) atoms. The largest absolute Gasteiger partial charge is 0.497 e. The highest BCUT2D eigenvalue weighted by Gasteiger charge is 2.42. The second kappa shape index (κ2) is 10.6. The van der Waals surface area contributed by atoms with Crippen LogP contribution in [0.4, 0.5) is 5.69 Å². The summed E-state index contributed by atoms with van der Waals surface area (Å²) >= 11 is 3.18. The summed E-state index contributed by atoms with van der Waals surface area (Å²) in [7, 11) is 3.64. The Labute approximate surface area is 171 Å². The second-order valence-corrected chi connectivity index (χ2v) is 6.56. The number of anilines is 1. The standard InChI is InChI=1S/C18H22BrNO8/c1-10(28-11(2)21)14(19)16(22)20(12-6-8-13(25-3)9-7-12)15(17(23)26-4)18(24)27-5/h6-10,14-15H,1-5H3/t10-,14+/m1/s1. The summed E-state index contributed by atoms with van der Waals surface area (Å²) in [6.45, 7) is 2.70. The van der Waals surface area contributed by atoms with Crippen molar-refractivity contribution >= 4 is 45.4 Å². The first kappa shape index (κ1) is 23.4. The molecule has 9 nitrogen and oxygen atoms in total. The molecular formula is C18H22BrNO8. The highest BCUT2D eigenvalue weighted by atomic mass is 79.9. The Bertz CT molecular complexity index is 705. The van der Waals surface area contributed by atoms with E-state index in [9.17, 15) is 19.2 Å². The maximum atomic E-state index is 13.1. The van der Waals surface area contributed by atoms with E-state index < -0.39 is 40.8 Å². The van der Waals surface area contributed by atoms with Gasteiger partial charge in [0.2, 0.25) is 11.9 Å². The Morgan fingerprint density at radius 1 is 0.964 bits per heavy atom. The lowest BCUT2D eigenvalue weighted by Gasteiger charge is -2.31. The Morgan fingerprint density at radius 3 is 1.86 bits per heavy atom. The van der Waals surface area contributed by atoms with Gasteiger partial charge >= 0.3 is 17.9 Å². The lowest BCUT2D eigenvalue weighted by atomic mass is 10.1. The smallest absolute Gasteiger partial charge is 0.340 e. The molecule has 0 aliphatic heterocycles. The van der Waals surface area contributed by atoms with Gasteiger partial charge in [-0.1, -0.05) is 15.9 Å². The number of methoxy groups -OCH3 is 3. The highest BCUT2D eigenvalue weighted by molar-refractivity contribution is 9.10. The van der Waals surface area contributed by atoms with Crippen LogP contribution in [0, 0.1) is 0 Å². The van der Waals surface area contributed by atoms with Gasteiger partial charge in [-0.05, 0) is 31.2 Å². The van der Waals surface area contributed by atoms with Crippen molar-refractivity contribution in [1.82, 2.24) is 0 Å². The number of benzene rings is 1. The van der Waals surface area contributed by atoms with Gasteiger partial charge in [-0.25, -0.2) is 9.59 Å². The van der Waals surface area contributed by atoms with E-state index >= 15 is 0 Å². The number of esters is 3. The lowest BCUT2D eigenvalue weighted by molar-refractivity contribution is -0.156. The molecule has 0 spiro atoms. The molecule has 0 radical (unpaired) electrons. The van der Waals surface area contributed by atoms with Crippen molar-refractivity contribution in [2.24, 2.45) is 0 Å². The summed E-state index contributed by atoms with van der Waals surface area (Å²) in [6.07, 6.45) is -0.873. The minimum absolute atomic E-state index is 0.214. The van der Waals surface area contributed by atoms with E-state index in [-0.39, 0.29) is 5.69 Å². The van der Waals surface area contributed by atoms with Crippen LogP contribution in [0.2, 0.25) is 0 Å². The van der Waals surface area contributed by atoms with Crippen molar-refractivity contribution in [1.29, 1.82) is 0 Å². The first-order chi connectivity index (χ1) is 13.2. The molecule has 10 heteroatoms. The van der Waals surface area contributed by atoms with Gasteiger partial charge in [0, 0.05) is 12.6 Å². The fourth-order valence-corrected chi connectivity index (χ4v) is 2.66. The number of hydrogen-bond acceptors (Lipinski definition) is 8. The van der Waals surface area contributed by atoms with Gasteiger partial charge < -0.3 is 18.9 Å². The Morgan fingerprint density at radius 2 is 1.46 bits per heavy atom. The zero-order chi connectivity index (χ0) is 21.4. The van der Waals surface area contributed by atoms with E-state index in [1.807, 2.05) is 0 Å². The maximum Gasteiger partial charge on any atom is 0.340 e. The first-order valence-corrected chi connectivity index (χ1v) is 9.03. The molecule has 0 bridgehead atoms. The molecule has 0 saturated carbocycles. The predicted octanol–water partition coefficient (Wildman–Crippen LogP) is 1.46. The number of amides is 1. The molecule has 1 aromatic carbocycles. The molecule has 154 valence electrons. The van der Waals surface area contributed by atoms with Crippen LogP contribution in [0.5, 0.6) is 5.75 Å². The van der Waals surface area contributed by atoms with E-state index in [0.29, 0.717) is 5.75 Å². The SMILES string of the molecule is COC(=O)C(C(=O)OC)N(C(=O)[C@@H](Br)[C@@H](C)OC(C)=O)c1ccc(OC)cc1. The van der Waals surface area contributed by atoms with E-state index in [0.717, 1.165) is 19.1 Å². The summed E-state index contributed by atoms with van der Waals surface area (Å²) in [5, 5.41) is 0. The van der Waals surface area contributed by atoms with Gasteiger partial charge in [-0.3, -0.25) is 14.5 Å². The van der Waals surface area contributed by atoms with Gasteiger partial charge in [0.25, 0.3) is 0 Å². The lowest BCUT2D eigenvalue weighted by Crippen LogP contribution is -2.55. The molecule has 0 aliphatic carbocycles. The third-order valence-corrected chi connectivity index (χ3v) is 4.83. The van der Waals surface area contributed by atoms with Crippen LogP contribution in [0.1, 0.15) is 13.8 Å². The van der Waals surface area contributed by atoms with Crippen LogP contribution in [-0.4, -0.2) is 62.1 Å². The average Bonchev–Trinajstić information content (AvgIpc) is 2.69. The number of nitrogens with zero attached hydrogens (tertiary/aromatic N) is 1. The number of rotatable bonds is 8. The maximum absolute atomic E-state index is 13.1. The van der Waals surface area contributed by atoms with E-state index in [1.54, 1.807) is 12.1 Å². The number of halogens is 1. The van der Waals surface area contributed by atoms with Gasteiger partial charge in [-0.15, -0.1) is 0 Å². The molecule has 1 amide bonds. The normalized spacial score (nSPS) is 12.5. The first-order valence-electron chi connectivity index (χ1n) is 8.12. The van der Waals surface area contributed by atoms with Gasteiger partial charge in [0.15, 0.2) is 0 Å². The van der Waals surface area contributed by atoms with Crippen molar-refractivity contribution in [2.75, 3.05) is 26.2 Å². The second-order valence-electron chi connectivity index (χ2n) is 5.57. The van der Waals surface area contributed by atoms with Gasteiger partial charge in [-0.2, -0.15) is 0 Å². The van der Waals surface area contributed by atoms with Crippen molar-refractivity contribution in [3.8, 4) is 5.75 Å². The zero-order valence-corrected chi connectivity index (χ0v) is 17.7. The van der Waals surface area contributed by atoms with Crippen molar-refractivity contribution in [2.45, 2.75) is 30.8 Å². The van der Waals surface area contributed by atoms with Crippen LogP contribution in [-0.2, 0) is 33.4 Å². The molecule has 0 fully saturated rings. The van der Waals surface area contributed by atoms with Crippen molar-refractivity contribution in [3.63, 3.8) is 0 Å². The summed E-state index contributed by atoms with van der Waals surface area (Å²) in [5.74, 6) is -2.77. The summed E-state index contributed by atoms with van der Waals surface area (Å²) < 4.78 is 19.5. The fraction of sp³-hybridized carbons (Fsp3) is 0.444. The molecule has 0 saturated heterocycles. The number of ether oxygens (including phenoxy) is 4. The fourth-order valence-electron chi connectivity index (χ4n) is 2.33. The molecule has 0 aromatic heterocycles. The number of hydrogen-bond donors (Lipinski definition) is 0. The monoisotopic (exact) mass is 459 g/mol. The predicted molar refractivity (Wildman–Crippen MR) is 102 cm³/mol. The molecular weight excluding hydrogens is 438 g/mol. The van der Waals surface area contributed by atoms with Crippen LogP contribution < -0.4 is 9.64 Å². The molecule has 0 aliphatic rings. The molecule has 1 rings (SSSR count). The third-order valence-electron chi connectivity index (χ3n) is 3.70. The van der Waals surface area contributed by atoms with Gasteiger partial charge in [0.05, 0.1) is 21.3 Å². The molecule has 0 unspecified atom stereocenters. The minimum atomic E-state index is -1.69. The molecule has 0 heterocycles. The topological polar surface area (TPSA) is 108 Å². The van der Waals surface area contributed by atoms with Crippen molar-refractivity contribution in [3.05, 3.63) is 24.3 Å². The van der Waals surface area contributed by atoms with E-state index in [1.165, 1.54) is 33.1 Å². The summed E-state index contributed by atoms with van der Waals surface area (Å²) in [4.78, 5) is 48.8. The van der Waals surface area contributed by atoms with Crippen LogP contribution in [0.3, 0.4) is 0 Å². The number of alkyl halides is 1. The Hall–Kier alpha value is -2.62. The summed E-state index contributed by atoms with van der Waals surface area (Å²) in [5.41, 5.74) is 0.214. The van der Waals surface area contributed by atoms with Crippen LogP contribution >= 0.6 is 15.9 Å². The van der Waals surface area contributed by atoms with E-state index in [4.69, 9.17) is 9.47 Å². The quantitative estimate of drug-likeness (QED) is 0.248. The zero-order valence-electron chi connectivity index (χ0n) is 16.1. The minimum Gasteiger partial charge on any atom is -0.497 e. The molecule has 2 atom stereocenters.